The van der Waals surface area contributed by atoms with Crippen LogP contribution < -0.4 is 0 Å². The second-order valence-electron chi connectivity index (χ2n) is 22.4. The maximum atomic E-state index is 12.9. The molecule has 0 aliphatic heterocycles. The molecule has 1 unspecified atom stereocenters. The van der Waals surface area contributed by atoms with Crippen LogP contribution in [0.3, 0.4) is 0 Å². The van der Waals surface area contributed by atoms with Crippen LogP contribution in [0.4, 0.5) is 0 Å². The Morgan fingerprint density at radius 3 is 0.765 bits per heavy atom. The zero-order valence-electron chi connectivity index (χ0n) is 53.0. The van der Waals surface area contributed by atoms with Gasteiger partial charge in [0.25, 0.3) is 0 Å². The van der Waals surface area contributed by atoms with Gasteiger partial charge < -0.3 is 14.2 Å². The molecule has 0 N–H and O–H groups in total. The molecule has 0 rings (SSSR count). The van der Waals surface area contributed by atoms with Gasteiger partial charge in [0.15, 0.2) is 6.10 Å². The predicted molar refractivity (Wildman–Crippen MR) is 353 cm³/mol. The van der Waals surface area contributed by atoms with E-state index in [9.17, 15) is 14.4 Å². The van der Waals surface area contributed by atoms with Crippen LogP contribution in [-0.4, -0.2) is 37.2 Å². The van der Waals surface area contributed by atoms with E-state index in [1.807, 2.05) is 0 Å². The Morgan fingerprint density at radius 2 is 0.481 bits per heavy atom. The molecular formula is C75H126O6. The van der Waals surface area contributed by atoms with Crippen LogP contribution >= 0.6 is 0 Å². The third kappa shape index (κ3) is 66.5. The fourth-order valence-corrected chi connectivity index (χ4v) is 9.37. The molecule has 0 aromatic rings. The van der Waals surface area contributed by atoms with Crippen molar-refractivity contribution in [3.8, 4) is 0 Å². The van der Waals surface area contributed by atoms with Crippen molar-refractivity contribution in [1.29, 1.82) is 0 Å². The maximum Gasteiger partial charge on any atom is 0.306 e. The van der Waals surface area contributed by atoms with Crippen molar-refractivity contribution in [3.63, 3.8) is 0 Å². The van der Waals surface area contributed by atoms with Crippen LogP contribution in [-0.2, 0) is 28.6 Å². The van der Waals surface area contributed by atoms with Crippen LogP contribution in [0.15, 0.2) is 122 Å². The Morgan fingerprint density at radius 1 is 0.259 bits per heavy atom. The second-order valence-corrected chi connectivity index (χ2v) is 22.4. The largest absolute Gasteiger partial charge is 0.462 e. The van der Waals surface area contributed by atoms with Crippen LogP contribution in [0, 0.1) is 0 Å². The summed E-state index contributed by atoms with van der Waals surface area (Å²) in [6, 6.07) is 0. The van der Waals surface area contributed by atoms with E-state index in [0.29, 0.717) is 19.3 Å². The first-order valence-electron chi connectivity index (χ1n) is 34.0. The van der Waals surface area contributed by atoms with E-state index >= 15 is 0 Å². The normalized spacial score (nSPS) is 12.9. The highest BCUT2D eigenvalue weighted by molar-refractivity contribution is 5.71. The van der Waals surface area contributed by atoms with Gasteiger partial charge >= 0.3 is 17.9 Å². The highest BCUT2D eigenvalue weighted by Crippen LogP contribution is 2.16. The third-order valence-corrected chi connectivity index (χ3v) is 14.5. The van der Waals surface area contributed by atoms with Crippen molar-refractivity contribution < 1.29 is 28.6 Å². The number of allylic oxidation sites excluding steroid dienone is 20. The first-order valence-corrected chi connectivity index (χ1v) is 34.0. The number of unbranched alkanes of at least 4 members (excludes halogenated alkanes) is 30. The highest BCUT2D eigenvalue weighted by Gasteiger charge is 2.19. The van der Waals surface area contributed by atoms with E-state index in [2.05, 4.69) is 142 Å². The van der Waals surface area contributed by atoms with Crippen molar-refractivity contribution >= 4 is 17.9 Å². The van der Waals surface area contributed by atoms with E-state index in [-0.39, 0.29) is 31.1 Å². The van der Waals surface area contributed by atoms with Crippen LogP contribution in [0.2, 0.25) is 0 Å². The number of ether oxygens (including phenoxy) is 3. The smallest absolute Gasteiger partial charge is 0.306 e. The SMILES string of the molecule is CC/C=C\C/C=C\C/C=C\C/C=C\C/C=C\C/C=C\C/C=C\C/C=C\CCCCCCCCCCCCC(=O)OCC(COC(=O)CCCCCCCCCCCCCC)OC(=O)CCCCCCC/C=C\C/C=C\CCCCCC. The summed E-state index contributed by atoms with van der Waals surface area (Å²) in [5.74, 6) is -0.893. The van der Waals surface area contributed by atoms with Gasteiger partial charge in [0, 0.05) is 19.3 Å². The van der Waals surface area contributed by atoms with Crippen LogP contribution in [0.1, 0.15) is 316 Å². The minimum absolute atomic E-state index is 0.0828. The summed E-state index contributed by atoms with van der Waals surface area (Å²) in [5, 5.41) is 0. The minimum atomic E-state index is -0.787. The molecule has 462 valence electrons. The lowest BCUT2D eigenvalue weighted by Gasteiger charge is -2.18. The fraction of sp³-hybridized carbons (Fsp3) is 0.693. The summed E-state index contributed by atoms with van der Waals surface area (Å²) >= 11 is 0. The Balaban J connectivity index is 4.22. The van der Waals surface area contributed by atoms with Gasteiger partial charge in [-0.2, -0.15) is 0 Å². The second kappa shape index (κ2) is 68.3. The molecule has 0 aromatic carbocycles. The zero-order chi connectivity index (χ0) is 58.5. The molecule has 6 nitrogen and oxygen atoms in total. The van der Waals surface area contributed by atoms with Crippen molar-refractivity contribution in [2.24, 2.45) is 0 Å². The monoisotopic (exact) mass is 1120 g/mol. The lowest BCUT2D eigenvalue weighted by molar-refractivity contribution is -0.167. The Kier molecular flexibility index (Phi) is 64.8. The average Bonchev–Trinajstić information content (AvgIpc) is 3.47. The van der Waals surface area contributed by atoms with Gasteiger partial charge in [0.1, 0.15) is 13.2 Å². The standard InChI is InChI=1S/C75H126O6/c1-4-7-10-13-16-19-22-25-27-29-30-31-32-33-34-35-36-37-38-39-40-41-42-43-44-45-46-47-49-50-53-56-59-62-65-68-74(77)80-71-72(70-79-73(76)67-64-61-58-55-52-24-21-18-15-12-9-6-3)81-75(78)69-66-63-60-57-54-51-48-28-26-23-20-17-14-11-8-5-2/h7,10,16,19-20,23,25,27-28,30-31,33-34,36-37,39-40,42-43,48,72H,4-6,8-9,11-15,17-18,21-22,24,26,29,32,35,38,41,44-47,49-71H2,1-3H3/b10-7-,19-16-,23-20-,27-25-,31-30-,34-33-,37-36-,40-39-,43-42-,48-28-. The molecule has 0 saturated carbocycles. The summed E-state index contributed by atoms with van der Waals surface area (Å²) in [5.41, 5.74) is 0. The number of hydrogen-bond acceptors (Lipinski definition) is 6. The number of rotatable bonds is 61. The van der Waals surface area contributed by atoms with Gasteiger partial charge in [-0.3, -0.25) is 14.4 Å². The molecule has 0 saturated heterocycles. The first kappa shape index (κ1) is 76.8. The van der Waals surface area contributed by atoms with Gasteiger partial charge in [0.2, 0.25) is 0 Å². The summed E-state index contributed by atoms with van der Waals surface area (Å²) in [6.45, 7) is 6.51. The van der Waals surface area contributed by atoms with Crippen molar-refractivity contribution in [2.45, 2.75) is 322 Å². The molecule has 0 bridgehead atoms. The molecule has 0 radical (unpaired) electrons. The molecule has 0 amide bonds. The summed E-state index contributed by atoms with van der Waals surface area (Å²) in [7, 11) is 0. The van der Waals surface area contributed by atoms with Gasteiger partial charge in [-0.05, 0) is 116 Å². The minimum Gasteiger partial charge on any atom is -0.462 e. The van der Waals surface area contributed by atoms with E-state index in [1.165, 1.54) is 141 Å². The third-order valence-electron chi connectivity index (χ3n) is 14.5. The molecule has 0 aromatic heterocycles. The summed E-state index contributed by atoms with van der Waals surface area (Å²) in [4.78, 5) is 38.3. The van der Waals surface area contributed by atoms with Crippen LogP contribution in [0.25, 0.3) is 0 Å². The van der Waals surface area contributed by atoms with E-state index < -0.39 is 6.10 Å². The fourth-order valence-electron chi connectivity index (χ4n) is 9.37. The first-order chi connectivity index (χ1) is 40.0. The average molecular weight is 1120 g/mol. The number of carbonyl (C=O) groups excluding carboxylic acids is 3. The van der Waals surface area contributed by atoms with Crippen molar-refractivity contribution in [3.05, 3.63) is 122 Å². The lowest BCUT2D eigenvalue weighted by atomic mass is 10.0. The van der Waals surface area contributed by atoms with E-state index in [0.717, 1.165) is 135 Å². The maximum absolute atomic E-state index is 12.9. The predicted octanol–water partition coefficient (Wildman–Crippen LogP) is 23.6. The highest BCUT2D eigenvalue weighted by atomic mass is 16.6. The number of esters is 3. The zero-order valence-corrected chi connectivity index (χ0v) is 53.0. The van der Waals surface area contributed by atoms with Gasteiger partial charge in [0.05, 0.1) is 0 Å². The quantitative estimate of drug-likeness (QED) is 0.0261. The molecule has 0 aliphatic carbocycles. The molecule has 81 heavy (non-hydrogen) atoms. The molecule has 1 atom stereocenters. The molecule has 0 fully saturated rings. The molecular weight excluding hydrogens is 997 g/mol. The van der Waals surface area contributed by atoms with E-state index in [1.54, 1.807) is 0 Å². The molecule has 6 heteroatoms. The van der Waals surface area contributed by atoms with Gasteiger partial charge in [-0.25, -0.2) is 0 Å². The Bertz CT molecular complexity index is 1670. The topological polar surface area (TPSA) is 78.9 Å². The Labute approximate surface area is 501 Å². The summed E-state index contributed by atoms with van der Waals surface area (Å²) in [6.07, 6.45) is 95.0. The van der Waals surface area contributed by atoms with Crippen molar-refractivity contribution in [2.75, 3.05) is 13.2 Å². The number of hydrogen-bond donors (Lipinski definition) is 0. The summed E-state index contributed by atoms with van der Waals surface area (Å²) < 4.78 is 16.9. The van der Waals surface area contributed by atoms with Gasteiger partial charge in [-0.1, -0.05) is 303 Å². The molecule has 0 aliphatic rings. The van der Waals surface area contributed by atoms with Crippen LogP contribution in [0.5, 0.6) is 0 Å². The Hall–Kier alpha value is -4.19. The lowest BCUT2D eigenvalue weighted by Crippen LogP contribution is -2.30. The van der Waals surface area contributed by atoms with E-state index in [4.69, 9.17) is 14.2 Å². The van der Waals surface area contributed by atoms with Crippen molar-refractivity contribution in [1.82, 2.24) is 0 Å². The van der Waals surface area contributed by atoms with Gasteiger partial charge in [-0.15, -0.1) is 0 Å². The molecule has 0 heterocycles. The number of carbonyl (C=O) groups is 3. The molecule has 0 spiro atoms.